The molecule has 112 valence electrons. The average Bonchev–Trinajstić information content (AvgIpc) is 2.41. The summed E-state index contributed by atoms with van der Waals surface area (Å²) in [5.74, 6) is 0.600. The van der Waals surface area contributed by atoms with Crippen LogP contribution in [0.15, 0.2) is 30.3 Å². The maximum Gasteiger partial charge on any atom is 0.312 e. The van der Waals surface area contributed by atoms with Gasteiger partial charge in [-0.2, -0.15) is 0 Å². The summed E-state index contributed by atoms with van der Waals surface area (Å²) in [7, 11) is 0. The lowest BCUT2D eigenvalue weighted by Crippen LogP contribution is -2.30. The van der Waals surface area contributed by atoms with Crippen LogP contribution in [0.3, 0.4) is 0 Å². The summed E-state index contributed by atoms with van der Waals surface area (Å²) in [4.78, 5) is 11.7. The first-order chi connectivity index (χ1) is 9.90. The van der Waals surface area contributed by atoms with Crippen LogP contribution in [0.2, 0.25) is 0 Å². The standard InChI is InChI=1S/C15H14O3.C3H8/c1-15(2)8-13(17)18-14-10-6-4-3-5-9(10)12(16)7-11(14)15;1-3-2/h3-7,16H,8H2,1-2H3;3H2,1-2H3. The molecule has 2 aromatic carbocycles. The maximum atomic E-state index is 11.7. The molecule has 3 rings (SSSR count). The van der Waals surface area contributed by atoms with Crippen molar-refractivity contribution in [2.24, 2.45) is 0 Å². The Morgan fingerprint density at radius 2 is 1.76 bits per heavy atom. The van der Waals surface area contributed by atoms with Gasteiger partial charge in [0.2, 0.25) is 0 Å². The summed E-state index contributed by atoms with van der Waals surface area (Å²) in [6, 6.07) is 9.12. The minimum Gasteiger partial charge on any atom is -0.507 e. The molecular formula is C18H22O3. The Hall–Kier alpha value is -2.03. The van der Waals surface area contributed by atoms with E-state index in [2.05, 4.69) is 13.8 Å². The van der Waals surface area contributed by atoms with E-state index in [1.165, 1.54) is 6.42 Å². The number of carbonyl (C=O) groups is 1. The van der Waals surface area contributed by atoms with Crippen LogP contribution in [0.5, 0.6) is 11.5 Å². The second-order valence-corrected chi connectivity index (χ2v) is 6.06. The van der Waals surface area contributed by atoms with Crippen molar-refractivity contribution in [3.63, 3.8) is 0 Å². The van der Waals surface area contributed by atoms with E-state index in [1.54, 1.807) is 6.07 Å². The molecule has 0 radical (unpaired) electrons. The number of carbonyl (C=O) groups excluding carboxylic acids is 1. The number of phenols is 1. The summed E-state index contributed by atoms with van der Waals surface area (Å²) in [5.41, 5.74) is 0.574. The Bertz CT molecular complexity index is 671. The van der Waals surface area contributed by atoms with E-state index in [4.69, 9.17) is 4.74 Å². The van der Waals surface area contributed by atoms with Gasteiger partial charge in [0.1, 0.15) is 11.5 Å². The maximum absolute atomic E-state index is 11.7. The third kappa shape index (κ3) is 2.87. The van der Waals surface area contributed by atoms with E-state index >= 15 is 0 Å². The molecule has 3 heteroatoms. The fourth-order valence-corrected chi connectivity index (χ4v) is 2.55. The van der Waals surface area contributed by atoms with Gasteiger partial charge < -0.3 is 9.84 Å². The number of phenolic OH excluding ortho intramolecular Hbond substituents is 1. The van der Waals surface area contributed by atoms with Crippen molar-refractivity contribution in [3.8, 4) is 11.5 Å². The molecule has 2 aromatic rings. The van der Waals surface area contributed by atoms with Crippen molar-refractivity contribution in [2.75, 3.05) is 0 Å². The molecule has 0 atom stereocenters. The van der Waals surface area contributed by atoms with Gasteiger partial charge in [0.05, 0.1) is 6.42 Å². The van der Waals surface area contributed by atoms with Crippen molar-refractivity contribution in [1.82, 2.24) is 0 Å². The quantitative estimate of drug-likeness (QED) is 0.571. The lowest BCUT2D eigenvalue weighted by molar-refractivity contribution is -0.136. The van der Waals surface area contributed by atoms with Crippen LogP contribution in [0.25, 0.3) is 10.8 Å². The summed E-state index contributed by atoms with van der Waals surface area (Å²) in [6.45, 7) is 8.22. The average molecular weight is 286 g/mol. The van der Waals surface area contributed by atoms with Gasteiger partial charge in [0.15, 0.2) is 0 Å². The molecule has 21 heavy (non-hydrogen) atoms. The van der Waals surface area contributed by atoms with Crippen molar-refractivity contribution in [2.45, 2.75) is 46.0 Å². The molecule has 1 heterocycles. The summed E-state index contributed by atoms with van der Waals surface area (Å²) in [5, 5.41) is 11.6. The molecule has 0 fully saturated rings. The molecule has 0 aliphatic carbocycles. The van der Waals surface area contributed by atoms with Crippen LogP contribution < -0.4 is 4.74 Å². The topological polar surface area (TPSA) is 46.5 Å². The first-order valence-electron chi connectivity index (χ1n) is 7.36. The van der Waals surface area contributed by atoms with E-state index in [-0.39, 0.29) is 17.1 Å². The second kappa shape index (κ2) is 5.76. The van der Waals surface area contributed by atoms with Crippen molar-refractivity contribution < 1.29 is 14.6 Å². The van der Waals surface area contributed by atoms with Gasteiger partial charge in [-0.25, -0.2) is 0 Å². The smallest absolute Gasteiger partial charge is 0.312 e. The summed E-state index contributed by atoms with van der Waals surface area (Å²) < 4.78 is 5.39. The highest BCUT2D eigenvalue weighted by Gasteiger charge is 2.35. The SMILES string of the molecule is CC1(C)CC(=O)Oc2c1cc(O)c1ccccc21.CCC. The van der Waals surface area contributed by atoms with Gasteiger partial charge in [-0.3, -0.25) is 4.79 Å². The van der Waals surface area contributed by atoms with Crippen LogP contribution in [0.4, 0.5) is 0 Å². The lowest BCUT2D eigenvalue weighted by atomic mass is 9.78. The van der Waals surface area contributed by atoms with Gasteiger partial charge in [-0.15, -0.1) is 0 Å². The predicted molar refractivity (Wildman–Crippen MR) is 84.9 cm³/mol. The number of esters is 1. The monoisotopic (exact) mass is 286 g/mol. The fraction of sp³-hybridized carbons (Fsp3) is 0.389. The van der Waals surface area contributed by atoms with E-state index in [0.717, 1.165) is 10.9 Å². The fourth-order valence-electron chi connectivity index (χ4n) is 2.55. The second-order valence-electron chi connectivity index (χ2n) is 6.06. The Morgan fingerprint density at radius 3 is 2.38 bits per heavy atom. The Kier molecular flexibility index (Phi) is 4.21. The number of benzene rings is 2. The summed E-state index contributed by atoms with van der Waals surface area (Å²) >= 11 is 0. The molecule has 1 aliphatic rings. The highest BCUT2D eigenvalue weighted by atomic mass is 16.5. The van der Waals surface area contributed by atoms with E-state index in [9.17, 15) is 9.90 Å². The molecule has 0 aromatic heterocycles. The van der Waals surface area contributed by atoms with Gasteiger partial charge in [0.25, 0.3) is 0 Å². The zero-order chi connectivity index (χ0) is 15.6. The number of ether oxygens (including phenoxy) is 1. The Balaban J connectivity index is 0.000000497. The number of aromatic hydroxyl groups is 1. The van der Waals surface area contributed by atoms with Gasteiger partial charge >= 0.3 is 5.97 Å². The van der Waals surface area contributed by atoms with Gasteiger partial charge in [0, 0.05) is 21.8 Å². The molecule has 0 unspecified atom stereocenters. The largest absolute Gasteiger partial charge is 0.507 e. The van der Waals surface area contributed by atoms with Crippen LogP contribution >= 0.6 is 0 Å². The zero-order valence-corrected chi connectivity index (χ0v) is 13.1. The Labute approximate surface area is 125 Å². The number of hydrogen-bond donors (Lipinski definition) is 1. The van der Waals surface area contributed by atoms with Crippen molar-refractivity contribution >= 4 is 16.7 Å². The molecule has 0 spiro atoms. The molecule has 1 N–H and O–H groups in total. The van der Waals surface area contributed by atoms with Gasteiger partial charge in [-0.1, -0.05) is 58.4 Å². The van der Waals surface area contributed by atoms with Crippen LogP contribution in [0.1, 0.15) is 46.1 Å². The zero-order valence-electron chi connectivity index (χ0n) is 13.1. The number of hydrogen-bond acceptors (Lipinski definition) is 3. The number of fused-ring (bicyclic) bond motifs is 3. The van der Waals surface area contributed by atoms with Gasteiger partial charge in [-0.05, 0) is 6.07 Å². The lowest BCUT2D eigenvalue weighted by Gasteiger charge is -2.31. The van der Waals surface area contributed by atoms with Crippen molar-refractivity contribution in [3.05, 3.63) is 35.9 Å². The third-order valence-corrected chi connectivity index (χ3v) is 3.50. The van der Waals surface area contributed by atoms with Crippen LogP contribution in [0, 0.1) is 0 Å². The molecule has 0 saturated carbocycles. The number of rotatable bonds is 0. The summed E-state index contributed by atoms with van der Waals surface area (Å²) in [6.07, 6.45) is 1.58. The highest BCUT2D eigenvalue weighted by Crippen LogP contribution is 2.45. The van der Waals surface area contributed by atoms with E-state index in [1.807, 2.05) is 38.1 Å². The molecule has 0 saturated heterocycles. The molecule has 3 nitrogen and oxygen atoms in total. The van der Waals surface area contributed by atoms with E-state index < -0.39 is 0 Å². The molecular weight excluding hydrogens is 264 g/mol. The molecule has 1 aliphatic heterocycles. The van der Waals surface area contributed by atoms with Crippen LogP contribution in [-0.2, 0) is 10.2 Å². The molecule has 0 bridgehead atoms. The first-order valence-corrected chi connectivity index (χ1v) is 7.36. The van der Waals surface area contributed by atoms with Crippen LogP contribution in [-0.4, -0.2) is 11.1 Å². The third-order valence-electron chi connectivity index (χ3n) is 3.50. The first kappa shape index (κ1) is 15.4. The normalized spacial score (nSPS) is 15.7. The highest BCUT2D eigenvalue weighted by molar-refractivity contribution is 5.97. The van der Waals surface area contributed by atoms with E-state index in [0.29, 0.717) is 17.6 Å². The van der Waals surface area contributed by atoms with Crippen molar-refractivity contribution in [1.29, 1.82) is 0 Å². The Morgan fingerprint density at radius 1 is 1.19 bits per heavy atom. The predicted octanol–water partition coefficient (Wildman–Crippen LogP) is 4.55. The minimum atomic E-state index is -0.313. The minimum absolute atomic E-state index is 0.219. The molecule has 0 amide bonds.